The highest BCUT2D eigenvalue weighted by Crippen LogP contribution is 2.35. The number of rotatable bonds is 2. The number of hydrogen-bond acceptors (Lipinski definition) is 6. The second-order valence-corrected chi connectivity index (χ2v) is 4.94. The van der Waals surface area contributed by atoms with Crippen molar-refractivity contribution in [3.8, 4) is 0 Å². The van der Waals surface area contributed by atoms with Crippen LogP contribution in [0.4, 0.5) is 10.8 Å². The maximum atomic E-state index is 3.97. The number of hydrogen-bond donors (Lipinski definition) is 0. The van der Waals surface area contributed by atoms with Crippen LogP contribution in [0.15, 0.2) is 29.6 Å². The van der Waals surface area contributed by atoms with Crippen molar-refractivity contribution in [3.05, 3.63) is 29.6 Å². The third-order valence-corrected chi connectivity index (χ3v) is 4.02. The minimum absolute atomic E-state index is 0.809. The smallest absolute Gasteiger partial charge is 0.232 e. The molecule has 16 heavy (non-hydrogen) atoms. The van der Waals surface area contributed by atoms with Gasteiger partial charge >= 0.3 is 0 Å². The number of aromatic nitrogens is 3. The van der Waals surface area contributed by atoms with Gasteiger partial charge in [-0.15, -0.1) is 11.3 Å². The maximum Gasteiger partial charge on any atom is 0.232 e. The molecule has 0 radical (unpaired) electrons. The van der Waals surface area contributed by atoms with Crippen LogP contribution in [-0.4, -0.2) is 21.8 Å². The summed E-state index contributed by atoms with van der Waals surface area (Å²) in [5.41, 5.74) is 1.15. The van der Waals surface area contributed by atoms with Gasteiger partial charge in [0.2, 0.25) is 5.13 Å². The van der Waals surface area contributed by atoms with E-state index in [1.54, 1.807) is 11.3 Å². The molecule has 0 aliphatic carbocycles. The Kier molecular flexibility index (Phi) is 2.30. The first kappa shape index (κ1) is 9.68. The summed E-state index contributed by atoms with van der Waals surface area (Å²) in [5, 5.41) is 11.8. The van der Waals surface area contributed by atoms with Crippen molar-refractivity contribution in [3.63, 3.8) is 0 Å². The van der Waals surface area contributed by atoms with Crippen LogP contribution in [0.2, 0.25) is 0 Å². The minimum atomic E-state index is 0.809. The zero-order chi connectivity index (χ0) is 11.0. The van der Waals surface area contributed by atoms with Gasteiger partial charge in [-0.3, -0.25) is 0 Å². The summed E-state index contributed by atoms with van der Waals surface area (Å²) in [6.07, 6.45) is 0. The van der Waals surface area contributed by atoms with Gasteiger partial charge in [0, 0.05) is 34.0 Å². The fourth-order valence-corrected chi connectivity index (χ4v) is 3.00. The summed E-state index contributed by atoms with van der Waals surface area (Å²) in [6.45, 7) is 0. The first-order chi connectivity index (χ1) is 7.86. The van der Waals surface area contributed by atoms with Crippen molar-refractivity contribution < 1.29 is 0 Å². The van der Waals surface area contributed by atoms with Gasteiger partial charge in [-0.1, -0.05) is 27.8 Å². The van der Waals surface area contributed by atoms with Gasteiger partial charge < -0.3 is 4.90 Å². The van der Waals surface area contributed by atoms with Gasteiger partial charge in [-0.2, -0.15) is 0 Å². The molecule has 3 rings (SSSR count). The first-order valence-electron chi connectivity index (χ1n) is 4.71. The topological polar surface area (TPSA) is 41.9 Å². The molecule has 0 aliphatic heterocycles. The van der Waals surface area contributed by atoms with Crippen LogP contribution in [0.1, 0.15) is 0 Å². The predicted molar refractivity (Wildman–Crippen MR) is 67.6 cm³/mol. The average Bonchev–Trinajstić information content (AvgIpc) is 2.98. The minimum Gasteiger partial charge on any atom is -0.317 e. The van der Waals surface area contributed by atoms with Gasteiger partial charge in [0.15, 0.2) is 0 Å². The second kappa shape index (κ2) is 3.80. The monoisotopic (exact) mass is 248 g/mol. The predicted octanol–water partition coefficient (Wildman–Crippen LogP) is 2.92. The van der Waals surface area contributed by atoms with Gasteiger partial charge in [-0.05, 0) is 11.3 Å². The number of thiophene rings is 1. The van der Waals surface area contributed by atoms with Crippen LogP contribution in [0, 0.1) is 0 Å². The van der Waals surface area contributed by atoms with Gasteiger partial charge in [0.25, 0.3) is 0 Å². The Morgan fingerprint density at radius 2 is 2.12 bits per heavy atom. The molecule has 0 fully saturated rings. The Hall–Kier alpha value is -1.53. The fourth-order valence-electron chi connectivity index (χ4n) is 1.58. The lowest BCUT2D eigenvalue weighted by Crippen LogP contribution is -2.08. The van der Waals surface area contributed by atoms with Crippen LogP contribution in [0.3, 0.4) is 0 Å². The molecule has 2 aromatic heterocycles. The van der Waals surface area contributed by atoms with Crippen LogP contribution in [0.25, 0.3) is 10.1 Å². The van der Waals surface area contributed by atoms with E-state index in [2.05, 4.69) is 38.4 Å². The molecule has 80 valence electrons. The molecule has 1 aromatic carbocycles. The van der Waals surface area contributed by atoms with Crippen molar-refractivity contribution in [2.45, 2.75) is 0 Å². The highest BCUT2D eigenvalue weighted by molar-refractivity contribution is 7.18. The van der Waals surface area contributed by atoms with Crippen LogP contribution in [0.5, 0.6) is 0 Å². The van der Waals surface area contributed by atoms with E-state index in [1.165, 1.54) is 21.6 Å². The van der Waals surface area contributed by atoms with Crippen LogP contribution >= 0.6 is 22.9 Å². The molecule has 3 aromatic rings. The number of benzene rings is 1. The highest BCUT2D eigenvalue weighted by atomic mass is 32.1. The zero-order valence-corrected chi connectivity index (χ0v) is 10.1. The van der Waals surface area contributed by atoms with Crippen molar-refractivity contribution >= 4 is 43.8 Å². The molecule has 0 bridgehead atoms. The Morgan fingerprint density at radius 3 is 2.94 bits per heavy atom. The summed E-state index contributed by atoms with van der Waals surface area (Å²) < 4.78 is 5.05. The summed E-state index contributed by atoms with van der Waals surface area (Å²) in [4.78, 5) is 2.02. The largest absolute Gasteiger partial charge is 0.317 e. The molecule has 0 unspecified atom stereocenters. The number of anilines is 2. The lowest BCUT2D eigenvalue weighted by atomic mass is 10.2. The van der Waals surface area contributed by atoms with E-state index in [9.17, 15) is 0 Å². The lowest BCUT2D eigenvalue weighted by molar-refractivity contribution is 0.945. The molecule has 0 saturated carbocycles. The Labute approximate surface area is 100 Å². The molecule has 6 heteroatoms. The molecule has 0 saturated heterocycles. The van der Waals surface area contributed by atoms with E-state index in [0.717, 1.165) is 10.8 Å². The average molecular weight is 248 g/mol. The van der Waals surface area contributed by atoms with E-state index in [0.29, 0.717) is 0 Å². The van der Waals surface area contributed by atoms with Gasteiger partial charge in [-0.25, -0.2) is 0 Å². The Morgan fingerprint density at radius 1 is 1.25 bits per heavy atom. The van der Waals surface area contributed by atoms with Crippen molar-refractivity contribution in [1.29, 1.82) is 0 Å². The number of fused-ring (bicyclic) bond motifs is 1. The summed E-state index contributed by atoms with van der Waals surface area (Å²) in [6, 6.07) is 8.34. The molecule has 0 N–H and O–H groups in total. The SMILES string of the molecule is CN(c1nnns1)c1csc2ccccc12. The van der Waals surface area contributed by atoms with Crippen molar-refractivity contribution in [2.75, 3.05) is 11.9 Å². The Bertz CT molecular complexity index is 602. The Balaban J connectivity index is 2.12. The van der Waals surface area contributed by atoms with Crippen LogP contribution < -0.4 is 4.90 Å². The fraction of sp³-hybridized carbons (Fsp3) is 0.100. The molecule has 0 amide bonds. The van der Waals surface area contributed by atoms with E-state index in [4.69, 9.17) is 0 Å². The molecule has 0 spiro atoms. The second-order valence-electron chi connectivity index (χ2n) is 3.32. The highest BCUT2D eigenvalue weighted by Gasteiger charge is 2.12. The van der Waals surface area contributed by atoms with E-state index in [-0.39, 0.29) is 0 Å². The third kappa shape index (κ3) is 1.46. The number of nitrogens with zero attached hydrogens (tertiary/aromatic N) is 4. The van der Waals surface area contributed by atoms with E-state index >= 15 is 0 Å². The molecular formula is C10H8N4S2. The molecule has 0 aliphatic rings. The molecule has 4 nitrogen and oxygen atoms in total. The standard InChI is InChI=1S/C10H8N4S2/c1-14(10-11-12-13-16-10)8-6-15-9-5-3-2-4-7(8)9/h2-6H,1H3. The molecule has 2 heterocycles. The molecule has 0 atom stereocenters. The van der Waals surface area contributed by atoms with Crippen molar-refractivity contribution in [2.24, 2.45) is 0 Å². The third-order valence-electron chi connectivity index (χ3n) is 2.40. The first-order valence-corrected chi connectivity index (χ1v) is 6.36. The normalized spacial score (nSPS) is 10.8. The van der Waals surface area contributed by atoms with Crippen LogP contribution in [-0.2, 0) is 0 Å². The van der Waals surface area contributed by atoms with Crippen molar-refractivity contribution in [1.82, 2.24) is 14.8 Å². The lowest BCUT2D eigenvalue weighted by Gasteiger charge is -2.12. The maximum absolute atomic E-state index is 3.97. The summed E-state index contributed by atoms with van der Waals surface area (Å²) in [7, 11) is 1.98. The van der Waals surface area contributed by atoms with E-state index < -0.39 is 0 Å². The molecular weight excluding hydrogens is 240 g/mol. The quantitative estimate of drug-likeness (QED) is 0.699. The van der Waals surface area contributed by atoms with Gasteiger partial charge in [0.05, 0.1) is 5.69 Å². The van der Waals surface area contributed by atoms with E-state index in [1.807, 2.05) is 18.0 Å². The summed E-state index contributed by atoms with van der Waals surface area (Å²) >= 11 is 3.03. The van der Waals surface area contributed by atoms with Gasteiger partial charge in [0.1, 0.15) is 0 Å². The zero-order valence-electron chi connectivity index (χ0n) is 8.49. The summed E-state index contributed by atoms with van der Waals surface area (Å²) in [5.74, 6) is 0.